The van der Waals surface area contributed by atoms with Crippen molar-refractivity contribution in [2.45, 2.75) is 0 Å². The normalized spacial score (nSPS) is 11.1. The largest absolute Gasteiger partial charge is 0.747 e. The van der Waals surface area contributed by atoms with E-state index in [1.165, 1.54) is 0 Å². The van der Waals surface area contributed by atoms with Gasteiger partial charge >= 0.3 is 8.25 Å². The molecule has 28 heavy (non-hydrogen) atoms. The van der Waals surface area contributed by atoms with Crippen molar-refractivity contribution >= 4 is 8.25 Å². The summed E-state index contributed by atoms with van der Waals surface area (Å²) in [5, 5.41) is 0. The molecular formula is C24H18O3P+. The van der Waals surface area contributed by atoms with E-state index in [-0.39, 0.29) is 0 Å². The van der Waals surface area contributed by atoms with Gasteiger partial charge in [-0.05, 0) is 34.4 Å². The number of hydrogen-bond acceptors (Lipinski definition) is 2. The summed E-state index contributed by atoms with van der Waals surface area (Å²) in [5.74, 6) is 0.383. The Morgan fingerprint density at radius 3 is 1.54 bits per heavy atom. The van der Waals surface area contributed by atoms with Gasteiger partial charge in [0.2, 0.25) is 0 Å². The summed E-state index contributed by atoms with van der Waals surface area (Å²) in [5.41, 5.74) is 5.80. The van der Waals surface area contributed by atoms with E-state index < -0.39 is 8.25 Å². The maximum atomic E-state index is 11.5. The molecule has 1 N–H and O–H groups in total. The van der Waals surface area contributed by atoms with Crippen LogP contribution in [0.5, 0.6) is 5.75 Å². The van der Waals surface area contributed by atoms with Gasteiger partial charge in [0.05, 0.1) is 0 Å². The molecule has 136 valence electrons. The summed E-state index contributed by atoms with van der Waals surface area (Å²) in [6.07, 6.45) is 0. The van der Waals surface area contributed by atoms with Crippen LogP contribution in [0, 0.1) is 0 Å². The molecule has 0 bridgehead atoms. The quantitative estimate of drug-likeness (QED) is 0.388. The number of benzene rings is 4. The molecule has 0 aliphatic rings. The van der Waals surface area contributed by atoms with Crippen molar-refractivity contribution in [1.29, 1.82) is 0 Å². The van der Waals surface area contributed by atoms with Gasteiger partial charge < -0.3 is 0 Å². The molecule has 0 aromatic heterocycles. The fraction of sp³-hybridized carbons (Fsp3) is 0. The molecule has 0 fully saturated rings. The van der Waals surface area contributed by atoms with Crippen molar-refractivity contribution < 1.29 is 14.0 Å². The van der Waals surface area contributed by atoms with E-state index in [0.717, 1.165) is 33.4 Å². The Balaban J connectivity index is 2.09. The molecule has 4 aromatic carbocycles. The maximum absolute atomic E-state index is 11.5. The summed E-state index contributed by atoms with van der Waals surface area (Å²) in [7, 11) is -2.78. The Hall–Kier alpha value is -3.26. The molecule has 0 radical (unpaired) electrons. The summed E-state index contributed by atoms with van der Waals surface area (Å²) in [6, 6.07) is 33.6. The zero-order valence-corrected chi connectivity index (χ0v) is 15.9. The van der Waals surface area contributed by atoms with Gasteiger partial charge in [-0.2, -0.15) is 0 Å². The maximum Gasteiger partial charge on any atom is 0.747 e. The lowest BCUT2D eigenvalue weighted by Crippen LogP contribution is -1.94. The second-order valence-electron chi connectivity index (χ2n) is 6.29. The zero-order chi connectivity index (χ0) is 19.3. The first-order valence-electron chi connectivity index (χ1n) is 8.91. The summed E-state index contributed by atoms with van der Waals surface area (Å²) < 4.78 is 16.8. The monoisotopic (exact) mass is 385 g/mol. The van der Waals surface area contributed by atoms with E-state index >= 15 is 0 Å². The average molecular weight is 385 g/mol. The van der Waals surface area contributed by atoms with E-state index in [0.29, 0.717) is 5.75 Å². The lowest BCUT2D eigenvalue weighted by atomic mass is 9.87. The van der Waals surface area contributed by atoms with Gasteiger partial charge in [-0.25, -0.2) is 4.52 Å². The van der Waals surface area contributed by atoms with E-state index in [1.807, 2.05) is 84.9 Å². The van der Waals surface area contributed by atoms with Crippen LogP contribution in [0.4, 0.5) is 0 Å². The Morgan fingerprint density at radius 1 is 0.571 bits per heavy atom. The first-order valence-corrected chi connectivity index (χ1v) is 10.0. The Bertz CT molecular complexity index is 1090. The van der Waals surface area contributed by atoms with Gasteiger partial charge in [-0.15, -0.1) is 4.89 Å². The van der Waals surface area contributed by atoms with Crippen molar-refractivity contribution in [3.8, 4) is 39.1 Å². The molecule has 3 nitrogen and oxygen atoms in total. The minimum Gasteiger partial charge on any atom is -0.229 e. The third kappa shape index (κ3) is 3.72. The number of rotatable bonds is 5. The van der Waals surface area contributed by atoms with Gasteiger partial charge in [0.25, 0.3) is 0 Å². The Labute approximate surface area is 164 Å². The van der Waals surface area contributed by atoms with Crippen LogP contribution in [0.2, 0.25) is 0 Å². The first kappa shape index (κ1) is 18.1. The van der Waals surface area contributed by atoms with Gasteiger partial charge in [-0.3, -0.25) is 0 Å². The van der Waals surface area contributed by atoms with Crippen molar-refractivity contribution in [3.63, 3.8) is 0 Å². The van der Waals surface area contributed by atoms with Crippen LogP contribution >= 0.6 is 8.25 Å². The molecule has 4 aromatic rings. The fourth-order valence-electron chi connectivity index (χ4n) is 3.40. The lowest BCUT2D eigenvalue weighted by molar-refractivity contribution is 0.411. The molecule has 0 heterocycles. The minimum absolute atomic E-state index is 0.383. The summed E-state index contributed by atoms with van der Waals surface area (Å²) >= 11 is 0. The molecule has 0 aliphatic carbocycles. The third-order valence-electron chi connectivity index (χ3n) is 4.55. The standard InChI is InChI=1S/C24H17O3P/c25-28(26)27-22-17-16-21(18-10-4-1-5-11-18)23(19-12-6-2-7-13-19)24(22)20-14-8-3-9-15-20/h1-17H/p+1. The SMILES string of the molecule is O=[P+](O)Oc1ccc(-c2ccccc2)c(-c2ccccc2)c1-c1ccccc1. The molecule has 0 amide bonds. The highest BCUT2D eigenvalue weighted by Crippen LogP contribution is 2.46. The molecule has 4 heteroatoms. The highest BCUT2D eigenvalue weighted by atomic mass is 31.1. The van der Waals surface area contributed by atoms with Crippen LogP contribution in [0.3, 0.4) is 0 Å². The lowest BCUT2D eigenvalue weighted by Gasteiger charge is -2.17. The molecule has 1 unspecified atom stereocenters. The third-order valence-corrected chi connectivity index (χ3v) is 4.91. The smallest absolute Gasteiger partial charge is 0.229 e. The highest BCUT2D eigenvalue weighted by molar-refractivity contribution is 7.32. The Kier molecular flexibility index (Phi) is 5.29. The molecule has 0 saturated carbocycles. The van der Waals surface area contributed by atoms with Crippen LogP contribution in [-0.4, -0.2) is 4.89 Å². The number of hydrogen-bond donors (Lipinski definition) is 1. The highest BCUT2D eigenvalue weighted by Gasteiger charge is 2.24. The topological polar surface area (TPSA) is 46.5 Å². The fourth-order valence-corrected chi connectivity index (χ4v) is 3.72. The van der Waals surface area contributed by atoms with E-state index in [2.05, 4.69) is 12.1 Å². The van der Waals surface area contributed by atoms with Crippen LogP contribution in [-0.2, 0) is 4.57 Å². The van der Waals surface area contributed by atoms with Crippen molar-refractivity contribution in [2.24, 2.45) is 0 Å². The van der Waals surface area contributed by atoms with E-state index in [4.69, 9.17) is 4.52 Å². The van der Waals surface area contributed by atoms with Crippen molar-refractivity contribution in [1.82, 2.24) is 0 Å². The summed E-state index contributed by atoms with van der Waals surface area (Å²) in [6.45, 7) is 0. The second kappa shape index (κ2) is 8.18. The van der Waals surface area contributed by atoms with Gasteiger partial charge in [-0.1, -0.05) is 91.0 Å². The molecule has 1 atom stereocenters. The Morgan fingerprint density at radius 2 is 1.04 bits per heavy atom. The van der Waals surface area contributed by atoms with E-state index in [9.17, 15) is 9.46 Å². The van der Waals surface area contributed by atoms with Gasteiger partial charge in [0.15, 0.2) is 5.75 Å². The van der Waals surface area contributed by atoms with Crippen LogP contribution in [0.25, 0.3) is 33.4 Å². The predicted molar refractivity (Wildman–Crippen MR) is 113 cm³/mol. The molecule has 0 saturated heterocycles. The molecule has 0 spiro atoms. The molecule has 4 rings (SSSR count). The van der Waals surface area contributed by atoms with Crippen molar-refractivity contribution in [2.75, 3.05) is 0 Å². The zero-order valence-electron chi connectivity index (χ0n) is 15.0. The van der Waals surface area contributed by atoms with Crippen LogP contribution in [0.15, 0.2) is 103 Å². The van der Waals surface area contributed by atoms with Gasteiger partial charge in [0.1, 0.15) is 0 Å². The summed E-state index contributed by atoms with van der Waals surface area (Å²) in [4.78, 5) is 9.41. The van der Waals surface area contributed by atoms with Crippen LogP contribution < -0.4 is 4.52 Å². The molecular weight excluding hydrogens is 367 g/mol. The average Bonchev–Trinajstić information content (AvgIpc) is 2.75. The van der Waals surface area contributed by atoms with Gasteiger partial charge in [0, 0.05) is 15.7 Å². The van der Waals surface area contributed by atoms with E-state index in [1.54, 1.807) is 6.07 Å². The van der Waals surface area contributed by atoms with Crippen molar-refractivity contribution in [3.05, 3.63) is 103 Å². The molecule has 0 aliphatic heterocycles. The van der Waals surface area contributed by atoms with Crippen LogP contribution in [0.1, 0.15) is 0 Å². The first-order chi connectivity index (χ1) is 13.7. The minimum atomic E-state index is -2.78. The predicted octanol–water partition coefficient (Wildman–Crippen LogP) is 6.72. The second-order valence-corrected chi connectivity index (χ2v) is 6.95.